The number of nitrogens with one attached hydrogen (secondary N) is 1. The number of alkyl halides is 2. The highest BCUT2D eigenvalue weighted by atomic mass is 35.5. The molecule has 0 bridgehead atoms. The highest BCUT2D eigenvalue weighted by Gasteiger charge is 2.51. The van der Waals surface area contributed by atoms with E-state index in [0.29, 0.717) is 5.92 Å². The Morgan fingerprint density at radius 3 is 2.62 bits per heavy atom. The second-order valence-electron chi connectivity index (χ2n) is 3.78. The maximum absolute atomic E-state index is 5.94. The van der Waals surface area contributed by atoms with Gasteiger partial charge in [0.15, 0.2) is 0 Å². The monoisotopic (exact) mass is 224 g/mol. The van der Waals surface area contributed by atoms with Crippen molar-refractivity contribution in [2.75, 3.05) is 33.2 Å². The zero-order valence-corrected chi connectivity index (χ0v) is 9.83. The van der Waals surface area contributed by atoms with E-state index in [9.17, 15) is 0 Å². The smallest absolute Gasteiger partial charge is 0.122 e. The number of hydrogen-bond donors (Lipinski definition) is 1. The first-order valence-electron chi connectivity index (χ1n) is 4.83. The van der Waals surface area contributed by atoms with Crippen LogP contribution in [0, 0.1) is 5.92 Å². The molecule has 2 nitrogen and oxygen atoms in total. The minimum absolute atomic E-state index is 0.424. The second-order valence-corrected chi connectivity index (χ2v) is 5.32. The van der Waals surface area contributed by atoms with Gasteiger partial charge in [-0.15, -0.1) is 23.2 Å². The molecule has 1 N–H and O–H groups in total. The van der Waals surface area contributed by atoms with Gasteiger partial charge in [0.2, 0.25) is 0 Å². The summed E-state index contributed by atoms with van der Waals surface area (Å²) in [5, 5.41) is 3.29. The lowest BCUT2D eigenvalue weighted by Gasteiger charge is -2.16. The first-order chi connectivity index (χ1) is 6.06. The van der Waals surface area contributed by atoms with Crippen LogP contribution in [0.2, 0.25) is 0 Å². The molecule has 0 aliphatic heterocycles. The number of hydrogen-bond acceptors (Lipinski definition) is 2. The summed E-state index contributed by atoms with van der Waals surface area (Å²) in [4.78, 5) is 2.28. The van der Waals surface area contributed by atoms with E-state index in [4.69, 9.17) is 23.2 Å². The van der Waals surface area contributed by atoms with Gasteiger partial charge in [-0.3, -0.25) is 0 Å². The highest BCUT2D eigenvalue weighted by Crippen LogP contribution is 2.53. The molecule has 1 rings (SSSR count). The molecule has 78 valence electrons. The van der Waals surface area contributed by atoms with Crippen LogP contribution >= 0.6 is 23.2 Å². The minimum Gasteiger partial charge on any atom is -0.316 e. The van der Waals surface area contributed by atoms with Crippen LogP contribution in [0.25, 0.3) is 0 Å². The van der Waals surface area contributed by atoms with E-state index in [2.05, 4.69) is 24.2 Å². The van der Waals surface area contributed by atoms with Gasteiger partial charge in [0, 0.05) is 25.6 Å². The molecule has 1 fully saturated rings. The van der Waals surface area contributed by atoms with E-state index in [-0.39, 0.29) is 0 Å². The lowest BCUT2D eigenvalue weighted by Crippen LogP contribution is -2.31. The first-order valence-corrected chi connectivity index (χ1v) is 5.59. The van der Waals surface area contributed by atoms with Crippen LogP contribution in [0.15, 0.2) is 0 Å². The fourth-order valence-electron chi connectivity index (χ4n) is 1.38. The third kappa shape index (κ3) is 4.03. The zero-order chi connectivity index (χ0) is 9.90. The van der Waals surface area contributed by atoms with Crippen molar-refractivity contribution in [3.8, 4) is 0 Å². The van der Waals surface area contributed by atoms with Gasteiger partial charge in [-0.1, -0.05) is 6.92 Å². The lowest BCUT2D eigenvalue weighted by molar-refractivity contribution is 0.318. The van der Waals surface area contributed by atoms with Crippen molar-refractivity contribution in [1.82, 2.24) is 10.2 Å². The van der Waals surface area contributed by atoms with Crippen molar-refractivity contribution >= 4 is 23.2 Å². The predicted octanol–water partition coefficient (Wildman–Crippen LogP) is 1.72. The molecule has 1 aliphatic rings. The Hall–Kier alpha value is 0.500. The van der Waals surface area contributed by atoms with Crippen LogP contribution in [0.5, 0.6) is 0 Å². The maximum Gasteiger partial charge on any atom is 0.122 e. The molecule has 0 aromatic carbocycles. The molecule has 0 aromatic rings. The fraction of sp³-hybridized carbons (Fsp3) is 1.00. The quantitative estimate of drug-likeness (QED) is 0.547. The summed E-state index contributed by atoms with van der Waals surface area (Å²) in [5.74, 6) is 0.474. The fourth-order valence-corrected chi connectivity index (χ4v) is 1.89. The first kappa shape index (κ1) is 11.6. The molecule has 0 saturated heterocycles. The Bertz CT molecular complexity index is 162. The molecule has 0 amide bonds. The van der Waals surface area contributed by atoms with Gasteiger partial charge in [-0.05, 0) is 20.0 Å². The summed E-state index contributed by atoms with van der Waals surface area (Å²) in [5.41, 5.74) is 0. The molecular formula is C9H18Cl2N2. The largest absolute Gasteiger partial charge is 0.316 e. The van der Waals surface area contributed by atoms with Gasteiger partial charge in [0.25, 0.3) is 0 Å². The Kier molecular flexibility index (Phi) is 4.30. The predicted molar refractivity (Wildman–Crippen MR) is 58.6 cm³/mol. The van der Waals surface area contributed by atoms with Gasteiger partial charge in [-0.25, -0.2) is 0 Å². The molecule has 0 aromatic heterocycles. The number of nitrogens with zero attached hydrogens (tertiary/aromatic N) is 1. The van der Waals surface area contributed by atoms with E-state index in [1.165, 1.54) is 0 Å². The molecule has 0 heterocycles. The van der Waals surface area contributed by atoms with Gasteiger partial charge < -0.3 is 10.2 Å². The normalized spacial score (nSPS) is 25.2. The van der Waals surface area contributed by atoms with E-state index in [0.717, 1.165) is 32.6 Å². The van der Waals surface area contributed by atoms with Gasteiger partial charge >= 0.3 is 0 Å². The molecule has 0 radical (unpaired) electrons. The van der Waals surface area contributed by atoms with Crippen molar-refractivity contribution in [3.05, 3.63) is 0 Å². The topological polar surface area (TPSA) is 15.3 Å². The summed E-state index contributed by atoms with van der Waals surface area (Å²) in [6.07, 6.45) is 0.946. The molecule has 4 heteroatoms. The van der Waals surface area contributed by atoms with Gasteiger partial charge in [-0.2, -0.15) is 0 Å². The molecule has 0 spiro atoms. The average molecular weight is 225 g/mol. The maximum atomic E-state index is 5.94. The average Bonchev–Trinajstić information content (AvgIpc) is 2.59. The van der Waals surface area contributed by atoms with E-state index >= 15 is 0 Å². The Morgan fingerprint density at radius 2 is 2.15 bits per heavy atom. The van der Waals surface area contributed by atoms with E-state index < -0.39 is 4.33 Å². The SMILES string of the molecule is CCNCCN(C)CC1CC1(Cl)Cl. The van der Waals surface area contributed by atoms with Crippen LogP contribution in [0.1, 0.15) is 13.3 Å². The van der Waals surface area contributed by atoms with Crippen LogP contribution in [0.4, 0.5) is 0 Å². The Balaban J connectivity index is 2.02. The van der Waals surface area contributed by atoms with Crippen LogP contribution in [0.3, 0.4) is 0 Å². The summed E-state index contributed by atoms with van der Waals surface area (Å²) < 4.78 is -0.424. The number of rotatable bonds is 6. The van der Waals surface area contributed by atoms with Crippen molar-refractivity contribution in [2.45, 2.75) is 17.7 Å². The summed E-state index contributed by atoms with van der Waals surface area (Å²) >= 11 is 11.9. The van der Waals surface area contributed by atoms with E-state index in [1.54, 1.807) is 0 Å². The number of halogens is 2. The highest BCUT2D eigenvalue weighted by molar-refractivity contribution is 6.50. The molecular weight excluding hydrogens is 207 g/mol. The molecule has 1 saturated carbocycles. The summed E-state index contributed by atoms with van der Waals surface area (Å²) in [6.45, 7) is 6.26. The molecule has 1 atom stereocenters. The molecule has 1 unspecified atom stereocenters. The van der Waals surface area contributed by atoms with Gasteiger partial charge in [0.1, 0.15) is 4.33 Å². The summed E-state index contributed by atoms with van der Waals surface area (Å²) in [7, 11) is 2.11. The number of likely N-dealkylation sites (N-methyl/N-ethyl adjacent to an activating group) is 2. The Labute approximate surface area is 90.6 Å². The summed E-state index contributed by atoms with van der Waals surface area (Å²) in [6, 6.07) is 0. The van der Waals surface area contributed by atoms with Crippen molar-refractivity contribution in [1.29, 1.82) is 0 Å². The van der Waals surface area contributed by atoms with Crippen molar-refractivity contribution in [2.24, 2.45) is 5.92 Å². The third-order valence-corrected chi connectivity index (χ3v) is 3.33. The Morgan fingerprint density at radius 1 is 1.54 bits per heavy atom. The second kappa shape index (κ2) is 4.83. The third-order valence-electron chi connectivity index (χ3n) is 2.41. The van der Waals surface area contributed by atoms with Crippen molar-refractivity contribution in [3.63, 3.8) is 0 Å². The lowest BCUT2D eigenvalue weighted by atomic mass is 10.4. The van der Waals surface area contributed by atoms with Crippen LogP contribution in [-0.4, -0.2) is 42.5 Å². The molecule has 1 aliphatic carbocycles. The molecule has 13 heavy (non-hydrogen) atoms. The standard InChI is InChI=1S/C9H18Cl2N2/c1-3-12-4-5-13(2)7-8-6-9(8,10)11/h8,12H,3-7H2,1-2H3. The van der Waals surface area contributed by atoms with Gasteiger partial charge in [0.05, 0.1) is 0 Å². The van der Waals surface area contributed by atoms with E-state index in [1.807, 2.05) is 0 Å². The minimum atomic E-state index is -0.424. The van der Waals surface area contributed by atoms with Crippen LogP contribution in [-0.2, 0) is 0 Å². The zero-order valence-electron chi connectivity index (χ0n) is 8.32. The van der Waals surface area contributed by atoms with Crippen LogP contribution < -0.4 is 5.32 Å². The van der Waals surface area contributed by atoms with Crippen molar-refractivity contribution < 1.29 is 0 Å².